The van der Waals surface area contributed by atoms with E-state index in [0.717, 1.165) is 20.9 Å². The van der Waals surface area contributed by atoms with Gasteiger partial charge in [0.15, 0.2) is 0 Å². The van der Waals surface area contributed by atoms with E-state index in [1.54, 1.807) is 22.7 Å². The fourth-order valence-corrected chi connectivity index (χ4v) is 4.74. The average Bonchev–Trinajstić information content (AvgIpc) is 2.90. The zero-order valence-electron chi connectivity index (χ0n) is 13.7. The van der Waals surface area contributed by atoms with Gasteiger partial charge in [0.05, 0.1) is 11.1 Å². The Hall–Kier alpha value is -1.88. The van der Waals surface area contributed by atoms with Crippen LogP contribution in [0.2, 0.25) is 0 Å². The molecule has 0 aliphatic rings. The van der Waals surface area contributed by atoms with Crippen molar-refractivity contribution in [2.24, 2.45) is 0 Å². The highest BCUT2D eigenvalue weighted by Crippen LogP contribution is 2.39. The number of hydrogen-bond donors (Lipinski definition) is 0. The fraction of sp³-hybridized carbons (Fsp3) is 0.333. The SMILES string of the molecule is Cc1sc(/C(C#N)=C(/C#N)c2sc(C)c(C)c2C)c(C)c1C. The summed E-state index contributed by atoms with van der Waals surface area (Å²) in [5.74, 6) is 0. The Balaban J connectivity index is 2.81. The maximum Gasteiger partial charge on any atom is 0.102 e. The van der Waals surface area contributed by atoms with Crippen LogP contribution in [0.1, 0.15) is 41.8 Å². The van der Waals surface area contributed by atoms with E-state index >= 15 is 0 Å². The van der Waals surface area contributed by atoms with E-state index in [1.165, 1.54) is 20.9 Å². The maximum atomic E-state index is 9.69. The van der Waals surface area contributed by atoms with Crippen LogP contribution in [0.4, 0.5) is 0 Å². The van der Waals surface area contributed by atoms with Gasteiger partial charge in [0.2, 0.25) is 0 Å². The number of aryl methyl sites for hydroxylation is 2. The summed E-state index contributed by atoms with van der Waals surface area (Å²) in [6.07, 6.45) is 0. The molecule has 0 saturated heterocycles. The Morgan fingerprint density at radius 2 is 0.955 bits per heavy atom. The van der Waals surface area contributed by atoms with Crippen LogP contribution in [-0.2, 0) is 0 Å². The first-order valence-corrected chi connectivity index (χ1v) is 8.65. The molecule has 0 N–H and O–H groups in total. The van der Waals surface area contributed by atoms with Crippen molar-refractivity contribution in [2.45, 2.75) is 41.5 Å². The highest BCUT2D eigenvalue weighted by molar-refractivity contribution is 7.14. The summed E-state index contributed by atoms with van der Waals surface area (Å²) >= 11 is 3.20. The van der Waals surface area contributed by atoms with Crippen molar-refractivity contribution in [3.63, 3.8) is 0 Å². The molecular formula is C18H18N2S2. The van der Waals surface area contributed by atoms with Crippen molar-refractivity contribution < 1.29 is 0 Å². The average molecular weight is 326 g/mol. The number of nitriles is 2. The predicted molar refractivity (Wildman–Crippen MR) is 95.1 cm³/mol. The van der Waals surface area contributed by atoms with Gasteiger partial charge < -0.3 is 0 Å². The molecule has 0 saturated carbocycles. The van der Waals surface area contributed by atoms with Gasteiger partial charge >= 0.3 is 0 Å². The van der Waals surface area contributed by atoms with Gasteiger partial charge in [0.1, 0.15) is 12.1 Å². The molecule has 112 valence electrons. The second-order valence-electron chi connectivity index (χ2n) is 5.45. The van der Waals surface area contributed by atoms with Gasteiger partial charge in [0.25, 0.3) is 0 Å². The van der Waals surface area contributed by atoms with Gasteiger partial charge in [0, 0.05) is 19.5 Å². The van der Waals surface area contributed by atoms with E-state index in [-0.39, 0.29) is 0 Å². The van der Waals surface area contributed by atoms with E-state index in [4.69, 9.17) is 0 Å². The van der Waals surface area contributed by atoms with Crippen molar-refractivity contribution in [1.29, 1.82) is 10.5 Å². The monoisotopic (exact) mass is 326 g/mol. The van der Waals surface area contributed by atoms with Gasteiger partial charge in [-0.15, -0.1) is 22.7 Å². The molecule has 22 heavy (non-hydrogen) atoms. The molecule has 0 atom stereocenters. The molecule has 0 radical (unpaired) electrons. The second kappa shape index (κ2) is 6.08. The normalized spacial score (nSPS) is 11.8. The smallest absolute Gasteiger partial charge is 0.102 e. The summed E-state index contributed by atoms with van der Waals surface area (Å²) in [7, 11) is 0. The topological polar surface area (TPSA) is 47.6 Å². The Morgan fingerprint density at radius 1 is 0.636 bits per heavy atom. The van der Waals surface area contributed by atoms with Gasteiger partial charge in [-0.1, -0.05) is 0 Å². The minimum Gasteiger partial charge on any atom is -0.192 e. The number of thiophene rings is 2. The molecule has 0 spiro atoms. The summed E-state index contributed by atoms with van der Waals surface area (Å²) < 4.78 is 0. The number of allylic oxidation sites excluding steroid dienone is 2. The number of rotatable bonds is 2. The molecule has 0 aliphatic heterocycles. The van der Waals surface area contributed by atoms with E-state index in [9.17, 15) is 10.5 Å². The third-order valence-corrected chi connectivity index (χ3v) is 6.95. The van der Waals surface area contributed by atoms with Crippen molar-refractivity contribution in [1.82, 2.24) is 0 Å². The Labute approximate surface area is 140 Å². The highest BCUT2D eigenvalue weighted by atomic mass is 32.1. The summed E-state index contributed by atoms with van der Waals surface area (Å²) in [6.45, 7) is 12.3. The molecule has 0 bridgehead atoms. The molecule has 4 heteroatoms. The van der Waals surface area contributed by atoms with Gasteiger partial charge in [-0.2, -0.15) is 10.5 Å². The highest BCUT2D eigenvalue weighted by Gasteiger charge is 2.21. The molecular weight excluding hydrogens is 308 g/mol. The molecule has 2 heterocycles. The molecule has 0 unspecified atom stereocenters. The van der Waals surface area contributed by atoms with E-state index < -0.39 is 0 Å². The quantitative estimate of drug-likeness (QED) is 0.673. The molecule has 2 rings (SSSR count). The van der Waals surface area contributed by atoms with E-state index in [2.05, 4.69) is 39.8 Å². The van der Waals surface area contributed by atoms with E-state index in [1.807, 2.05) is 13.8 Å². The van der Waals surface area contributed by atoms with Crippen LogP contribution >= 0.6 is 22.7 Å². The van der Waals surface area contributed by atoms with Crippen LogP contribution in [0, 0.1) is 64.2 Å². The maximum absolute atomic E-state index is 9.69. The van der Waals surface area contributed by atoms with Crippen molar-refractivity contribution in [3.05, 3.63) is 41.8 Å². The fourth-order valence-electron chi connectivity index (χ4n) is 2.40. The standard InChI is InChI=1S/C18H18N2S2/c1-9-11(3)17(21-13(9)5)15(7-19)16(8-20)18-12(4)10(2)14(6)22-18/h1-6H3/b16-15-. The largest absolute Gasteiger partial charge is 0.192 e. The van der Waals surface area contributed by atoms with Crippen LogP contribution in [0.25, 0.3) is 11.1 Å². The van der Waals surface area contributed by atoms with Crippen LogP contribution in [0.5, 0.6) is 0 Å². The molecule has 2 aromatic heterocycles. The van der Waals surface area contributed by atoms with Crippen LogP contribution < -0.4 is 0 Å². The lowest BCUT2D eigenvalue weighted by molar-refractivity contribution is 1.34. The predicted octanol–water partition coefficient (Wildman–Crippen LogP) is 5.62. The summed E-state index contributed by atoms with van der Waals surface area (Å²) in [5.41, 5.74) is 5.64. The molecule has 2 aromatic rings. The number of nitrogens with zero attached hydrogens (tertiary/aromatic N) is 2. The first-order valence-electron chi connectivity index (χ1n) is 7.01. The summed E-state index contributed by atoms with van der Waals surface area (Å²) in [5, 5.41) is 19.4. The summed E-state index contributed by atoms with van der Waals surface area (Å²) in [6, 6.07) is 4.56. The van der Waals surface area contributed by atoms with Crippen LogP contribution in [0.15, 0.2) is 0 Å². The Kier molecular flexibility index (Phi) is 4.56. The molecule has 2 nitrogen and oxygen atoms in total. The van der Waals surface area contributed by atoms with Crippen molar-refractivity contribution in [3.8, 4) is 12.1 Å². The van der Waals surface area contributed by atoms with Crippen molar-refractivity contribution in [2.75, 3.05) is 0 Å². The lowest BCUT2D eigenvalue weighted by Crippen LogP contribution is -1.89. The zero-order valence-corrected chi connectivity index (χ0v) is 15.3. The Bertz CT molecular complexity index is 792. The number of hydrogen-bond acceptors (Lipinski definition) is 4. The summed E-state index contributed by atoms with van der Waals surface area (Å²) in [4.78, 5) is 4.26. The third kappa shape index (κ3) is 2.50. The Morgan fingerprint density at radius 3 is 1.14 bits per heavy atom. The molecule has 0 aliphatic carbocycles. The van der Waals surface area contributed by atoms with Gasteiger partial charge in [-0.05, 0) is 63.8 Å². The first kappa shape index (κ1) is 16.5. The lowest BCUT2D eigenvalue weighted by atomic mass is 10.00. The molecule has 0 aromatic carbocycles. The zero-order chi connectivity index (χ0) is 16.6. The van der Waals surface area contributed by atoms with Gasteiger partial charge in [-0.25, -0.2) is 0 Å². The lowest BCUT2D eigenvalue weighted by Gasteiger charge is -2.03. The first-order chi connectivity index (χ1) is 10.3. The third-order valence-electron chi connectivity index (χ3n) is 4.30. The van der Waals surface area contributed by atoms with E-state index in [0.29, 0.717) is 11.1 Å². The molecule has 0 amide bonds. The van der Waals surface area contributed by atoms with Crippen LogP contribution in [-0.4, -0.2) is 0 Å². The second-order valence-corrected chi connectivity index (χ2v) is 7.90. The molecule has 0 fully saturated rings. The van der Waals surface area contributed by atoms with Gasteiger partial charge in [-0.3, -0.25) is 0 Å². The van der Waals surface area contributed by atoms with Crippen LogP contribution in [0.3, 0.4) is 0 Å². The van der Waals surface area contributed by atoms with Crippen molar-refractivity contribution >= 4 is 33.8 Å². The minimum atomic E-state index is 0.505. The minimum absolute atomic E-state index is 0.505.